The number of halogens is 1. The van der Waals surface area contributed by atoms with Crippen LogP contribution in [0.5, 0.6) is 0 Å². The van der Waals surface area contributed by atoms with E-state index < -0.39 is 0 Å². The van der Waals surface area contributed by atoms with Gasteiger partial charge in [0.15, 0.2) is 0 Å². The molecule has 0 bridgehead atoms. The number of benzene rings is 2. The van der Waals surface area contributed by atoms with Crippen molar-refractivity contribution in [3.63, 3.8) is 0 Å². The maximum Gasteiger partial charge on any atom is 0.0800 e. The molecule has 0 unspecified atom stereocenters. The largest absolute Gasteiger partial charge is 0.368 e. The van der Waals surface area contributed by atoms with Crippen LogP contribution in [-0.2, 0) is 12.8 Å². The molecule has 29 heavy (non-hydrogen) atoms. The van der Waals surface area contributed by atoms with Gasteiger partial charge >= 0.3 is 0 Å². The lowest BCUT2D eigenvalue weighted by Crippen LogP contribution is -2.47. The number of hydrogen-bond donors (Lipinski definition) is 1. The molecular formula is C23H26ClN3S2. The topological polar surface area (TPSA) is 18.5 Å². The third-order valence-corrected chi connectivity index (χ3v) is 7.16. The van der Waals surface area contributed by atoms with Gasteiger partial charge in [0.1, 0.15) is 0 Å². The molecule has 2 aliphatic heterocycles. The molecule has 0 spiro atoms. The monoisotopic (exact) mass is 443 g/mol. The first-order valence-corrected chi connectivity index (χ1v) is 11.4. The number of anilines is 2. The molecule has 1 fully saturated rings. The van der Waals surface area contributed by atoms with Crippen molar-refractivity contribution in [2.45, 2.75) is 19.3 Å². The fourth-order valence-electron chi connectivity index (χ4n) is 4.33. The van der Waals surface area contributed by atoms with E-state index in [9.17, 15) is 0 Å². The summed E-state index contributed by atoms with van der Waals surface area (Å²) in [6.45, 7) is 5.60. The summed E-state index contributed by atoms with van der Waals surface area (Å²) in [5, 5.41) is 6.99. The summed E-state index contributed by atoms with van der Waals surface area (Å²) in [7, 11) is 0. The Bertz CT molecular complexity index is 1010. The highest BCUT2D eigenvalue weighted by Crippen LogP contribution is 2.31. The Hall–Kier alpha value is -1.66. The van der Waals surface area contributed by atoms with Crippen LogP contribution in [0.3, 0.4) is 0 Å². The molecule has 3 aromatic rings. The number of hydrogen-bond acceptors (Lipinski definition) is 4. The van der Waals surface area contributed by atoms with Gasteiger partial charge in [-0.2, -0.15) is 0 Å². The predicted octanol–water partition coefficient (Wildman–Crippen LogP) is 5.37. The first-order valence-electron chi connectivity index (χ1n) is 10.1. The van der Waals surface area contributed by atoms with E-state index in [-0.39, 0.29) is 12.4 Å². The molecule has 0 amide bonds. The van der Waals surface area contributed by atoms with Crippen LogP contribution in [0.4, 0.5) is 11.4 Å². The molecule has 5 rings (SSSR count). The van der Waals surface area contributed by atoms with Crippen molar-refractivity contribution in [1.82, 2.24) is 4.90 Å². The van der Waals surface area contributed by atoms with Gasteiger partial charge in [-0.05, 0) is 53.6 Å². The summed E-state index contributed by atoms with van der Waals surface area (Å²) in [6, 6.07) is 15.8. The van der Waals surface area contributed by atoms with E-state index in [0.29, 0.717) is 0 Å². The van der Waals surface area contributed by atoms with Crippen molar-refractivity contribution in [2.75, 3.05) is 42.9 Å². The van der Waals surface area contributed by atoms with Crippen molar-refractivity contribution in [2.24, 2.45) is 0 Å². The van der Waals surface area contributed by atoms with Crippen LogP contribution in [0, 0.1) is 0 Å². The summed E-state index contributed by atoms with van der Waals surface area (Å²) < 4.78 is 1.39. The first kappa shape index (κ1) is 20.6. The van der Waals surface area contributed by atoms with Gasteiger partial charge in [0.05, 0.1) is 4.99 Å². The van der Waals surface area contributed by atoms with Crippen molar-refractivity contribution >= 4 is 62.4 Å². The summed E-state index contributed by atoms with van der Waals surface area (Å²) in [4.78, 5) is 6.12. The molecule has 1 N–H and O–H groups in total. The minimum absolute atomic E-state index is 0. The van der Waals surface area contributed by atoms with Crippen molar-refractivity contribution in [1.29, 1.82) is 0 Å². The van der Waals surface area contributed by atoms with Gasteiger partial charge in [-0.25, -0.2) is 0 Å². The van der Waals surface area contributed by atoms with E-state index in [4.69, 9.17) is 12.2 Å². The number of piperazine rings is 1. The number of fused-ring (bicyclic) bond motifs is 2. The molecule has 0 atom stereocenters. The summed E-state index contributed by atoms with van der Waals surface area (Å²) in [5.41, 5.74) is 5.42. The maximum absolute atomic E-state index is 5.34. The van der Waals surface area contributed by atoms with Crippen LogP contribution in [0.25, 0.3) is 10.1 Å². The standard InChI is InChI=1S/C23H25N3S2.ClH/c27-23-7-6-18-5-4-17(16-20(18)24-23)8-10-25-11-13-26(14-12-25)21-2-1-3-22-19(21)9-15-28-22;/h1-5,9,15-16H,6-8,10-14H2,(H,24,27);1H. The second-order valence-electron chi connectivity index (χ2n) is 7.73. The Morgan fingerprint density at radius 1 is 1.00 bits per heavy atom. The fraction of sp³-hybridized carbons (Fsp3) is 0.348. The van der Waals surface area contributed by atoms with E-state index in [1.54, 1.807) is 0 Å². The number of thiocarbonyl (C=S) groups is 1. The van der Waals surface area contributed by atoms with E-state index in [1.165, 1.54) is 32.6 Å². The molecule has 0 aliphatic carbocycles. The molecule has 0 saturated carbocycles. The summed E-state index contributed by atoms with van der Waals surface area (Å²) in [6.07, 6.45) is 3.15. The van der Waals surface area contributed by atoms with E-state index >= 15 is 0 Å². The van der Waals surface area contributed by atoms with Crippen LogP contribution in [-0.4, -0.2) is 42.6 Å². The minimum atomic E-state index is 0. The van der Waals surface area contributed by atoms with Crippen LogP contribution < -0.4 is 10.2 Å². The van der Waals surface area contributed by atoms with Crippen LogP contribution in [0.15, 0.2) is 47.8 Å². The molecule has 0 radical (unpaired) electrons. The quantitative estimate of drug-likeness (QED) is 0.546. The zero-order valence-corrected chi connectivity index (χ0v) is 18.8. The Morgan fingerprint density at radius 2 is 1.86 bits per heavy atom. The van der Waals surface area contributed by atoms with Gasteiger partial charge in [-0.3, -0.25) is 4.90 Å². The number of nitrogens with zero attached hydrogens (tertiary/aromatic N) is 2. The second-order valence-corrected chi connectivity index (χ2v) is 9.17. The number of rotatable bonds is 4. The number of aryl methyl sites for hydroxylation is 1. The Labute approximate surface area is 188 Å². The Morgan fingerprint density at radius 3 is 2.72 bits per heavy atom. The Kier molecular flexibility index (Phi) is 6.40. The first-order chi connectivity index (χ1) is 13.8. The third-order valence-electron chi connectivity index (χ3n) is 5.97. The normalized spacial score (nSPS) is 17.0. The molecular weight excluding hydrogens is 418 g/mol. The average Bonchev–Trinajstić information content (AvgIpc) is 3.21. The highest BCUT2D eigenvalue weighted by atomic mass is 35.5. The third kappa shape index (κ3) is 4.43. The Balaban J connectivity index is 0.00000205. The van der Waals surface area contributed by atoms with Gasteiger partial charge in [-0.1, -0.05) is 30.4 Å². The number of thiophene rings is 1. The molecule has 152 valence electrons. The maximum atomic E-state index is 5.34. The molecule has 3 heterocycles. The van der Waals surface area contributed by atoms with E-state index in [0.717, 1.165) is 57.0 Å². The fourth-order valence-corrected chi connectivity index (χ4v) is 5.35. The van der Waals surface area contributed by atoms with Crippen LogP contribution in [0.2, 0.25) is 0 Å². The van der Waals surface area contributed by atoms with Crippen LogP contribution >= 0.6 is 36.0 Å². The van der Waals surface area contributed by atoms with Crippen molar-refractivity contribution in [3.05, 3.63) is 59.0 Å². The lowest BCUT2D eigenvalue weighted by atomic mass is 10.00. The summed E-state index contributed by atoms with van der Waals surface area (Å²) in [5.74, 6) is 0. The molecule has 2 aliphatic rings. The van der Waals surface area contributed by atoms with Gasteiger partial charge in [0, 0.05) is 60.6 Å². The minimum Gasteiger partial charge on any atom is -0.368 e. The molecule has 2 aromatic carbocycles. The molecule has 3 nitrogen and oxygen atoms in total. The van der Waals surface area contributed by atoms with Crippen molar-refractivity contribution < 1.29 is 0 Å². The zero-order valence-electron chi connectivity index (χ0n) is 16.4. The second kappa shape index (κ2) is 9.00. The van der Waals surface area contributed by atoms with E-state index in [2.05, 4.69) is 63.0 Å². The molecule has 1 saturated heterocycles. The SMILES string of the molecule is Cl.S=C1CCc2ccc(CCN3CCN(c4cccc5sccc45)CC3)cc2N1. The average molecular weight is 444 g/mol. The number of nitrogens with one attached hydrogen (secondary N) is 1. The lowest BCUT2D eigenvalue weighted by molar-refractivity contribution is 0.261. The highest BCUT2D eigenvalue weighted by Gasteiger charge is 2.19. The lowest BCUT2D eigenvalue weighted by Gasteiger charge is -2.36. The molecule has 1 aromatic heterocycles. The zero-order chi connectivity index (χ0) is 18.9. The summed E-state index contributed by atoms with van der Waals surface area (Å²) >= 11 is 7.18. The highest BCUT2D eigenvalue weighted by molar-refractivity contribution is 7.80. The van der Waals surface area contributed by atoms with Gasteiger partial charge < -0.3 is 10.2 Å². The van der Waals surface area contributed by atoms with Crippen molar-refractivity contribution in [3.8, 4) is 0 Å². The smallest absolute Gasteiger partial charge is 0.0800 e. The van der Waals surface area contributed by atoms with Gasteiger partial charge in [-0.15, -0.1) is 23.7 Å². The van der Waals surface area contributed by atoms with E-state index in [1.807, 2.05) is 11.3 Å². The van der Waals surface area contributed by atoms with Gasteiger partial charge in [0.25, 0.3) is 0 Å². The molecule has 6 heteroatoms. The van der Waals surface area contributed by atoms with Crippen LogP contribution in [0.1, 0.15) is 17.5 Å². The predicted molar refractivity (Wildman–Crippen MR) is 132 cm³/mol. The van der Waals surface area contributed by atoms with Gasteiger partial charge in [0.2, 0.25) is 0 Å².